The maximum absolute atomic E-state index is 13.1. The number of rotatable bonds is 1. The monoisotopic (exact) mass is 320 g/mol. The average Bonchev–Trinajstić information content (AvgIpc) is 2.81. The molecule has 24 heavy (non-hydrogen) atoms. The molecular formula is C20H17FN2O. The first kappa shape index (κ1) is 14.8. The summed E-state index contributed by atoms with van der Waals surface area (Å²) in [6, 6.07) is 11.8. The van der Waals surface area contributed by atoms with Crippen LogP contribution < -0.4 is 4.90 Å². The van der Waals surface area contributed by atoms with E-state index in [1.165, 1.54) is 12.1 Å². The van der Waals surface area contributed by atoms with Crippen molar-refractivity contribution in [1.29, 1.82) is 0 Å². The van der Waals surface area contributed by atoms with Gasteiger partial charge in [0.1, 0.15) is 11.5 Å². The Morgan fingerprint density at radius 3 is 2.42 bits per heavy atom. The van der Waals surface area contributed by atoms with Crippen LogP contribution in [0.15, 0.2) is 53.5 Å². The summed E-state index contributed by atoms with van der Waals surface area (Å²) < 4.78 is 13.1. The number of aliphatic imine (C=N–C) groups is 1. The van der Waals surface area contributed by atoms with Gasteiger partial charge in [0.15, 0.2) is 0 Å². The van der Waals surface area contributed by atoms with E-state index < -0.39 is 5.54 Å². The van der Waals surface area contributed by atoms with E-state index in [4.69, 9.17) is 0 Å². The van der Waals surface area contributed by atoms with Crippen molar-refractivity contribution >= 4 is 28.6 Å². The third-order valence-electron chi connectivity index (χ3n) is 4.56. The summed E-state index contributed by atoms with van der Waals surface area (Å²) >= 11 is 0. The zero-order valence-corrected chi connectivity index (χ0v) is 13.8. The molecule has 120 valence electrons. The molecule has 2 aromatic carbocycles. The molecule has 0 fully saturated rings. The van der Waals surface area contributed by atoms with Crippen LogP contribution in [0, 0.1) is 5.82 Å². The van der Waals surface area contributed by atoms with Gasteiger partial charge in [-0.2, -0.15) is 0 Å². The Bertz CT molecular complexity index is 923. The summed E-state index contributed by atoms with van der Waals surface area (Å²) in [5, 5.41) is 0. The van der Waals surface area contributed by atoms with Crippen LogP contribution in [0.4, 0.5) is 15.8 Å². The predicted octanol–water partition coefficient (Wildman–Crippen LogP) is 4.49. The van der Waals surface area contributed by atoms with Crippen LogP contribution in [0.2, 0.25) is 0 Å². The fourth-order valence-corrected chi connectivity index (χ4v) is 3.59. The molecule has 4 rings (SSSR count). The maximum Gasteiger partial charge on any atom is 0.278 e. The Hall–Kier alpha value is -2.75. The zero-order chi connectivity index (χ0) is 17.1. The summed E-state index contributed by atoms with van der Waals surface area (Å²) in [7, 11) is 0. The number of hydrogen-bond acceptors (Lipinski definition) is 2. The molecule has 0 bridgehead atoms. The molecule has 0 saturated heterocycles. The van der Waals surface area contributed by atoms with Crippen molar-refractivity contribution in [2.24, 2.45) is 4.99 Å². The molecule has 3 nitrogen and oxygen atoms in total. The number of carbonyl (C=O) groups is 1. The van der Waals surface area contributed by atoms with Crippen LogP contribution in [0.3, 0.4) is 0 Å². The van der Waals surface area contributed by atoms with Crippen LogP contribution >= 0.6 is 0 Å². The molecule has 2 aliphatic rings. The Morgan fingerprint density at radius 1 is 1.04 bits per heavy atom. The van der Waals surface area contributed by atoms with Gasteiger partial charge in [-0.3, -0.25) is 9.69 Å². The number of benzene rings is 2. The lowest BCUT2D eigenvalue weighted by Gasteiger charge is -2.38. The molecule has 1 amide bonds. The lowest BCUT2D eigenvalue weighted by molar-refractivity contribution is -0.112. The number of anilines is 1. The maximum atomic E-state index is 13.1. The van der Waals surface area contributed by atoms with Gasteiger partial charge in [0.05, 0.1) is 16.9 Å². The molecule has 0 N–H and O–H groups in total. The Kier molecular flexibility index (Phi) is 3.01. The summed E-state index contributed by atoms with van der Waals surface area (Å²) in [5.74, 6) is -0.435. The van der Waals surface area contributed by atoms with Gasteiger partial charge in [-0.05, 0) is 50.6 Å². The molecule has 0 radical (unpaired) electrons. The molecule has 2 heterocycles. The van der Waals surface area contributed by atoms with E-state index in [1.54, 1.807) is 12.1 Å². The van der Waals surface area contributed by atoms with Gasteiger partial charge in [-0.15, -0.1) is 0 Å². The SMILES string of the molecule is CC1=CC(C)(C)N2C(=O)C(=Nc3ccc(F)cc3)c3cccc1c32. The second-order valence-electron chi connectivity index (χ2n) is 6.76. The van der Waals surface area contributed by atoms with E-state index in [2.05, 4.69) is 18.0 Å². The second kappa shape index (κ2) is 4.87. The van der Waals surface area contributed by atoms with Gasteiger partial charge in [0.2, 0.25) is 0 Å². The van der Waals surface area contributed by atoms with Crippen molar-refractivity contribution in [3.8, 4) is 0 Å². The third kappa shape index (κ3) is 2.03. The summed E-state index contributed by atoms with van der Waals surface area (Å²) in [6.07, 6.45) is 2.11. The van der Waals surface area contributed by atoms with Crippen LogP contribution in [-0.4, -0.2) is 17.2 Å². The van der Waals surface area contributed by atoms with Gasteiger partial charge < -0.3 is 0 Å². The molecule has 0 unspecified atom stereocenters. The number of amides is 1. The Morgan fingerprint density at radius 2 is 1.71 bits per heavy atom. The minimum Gasteiger partial charge on any atom is -0.297 e. The standard InChI is InChI=1S/C20H17FN2O/c1-12-11-20(2,3)23-18-15(12)5-4-6-16(18)17(19(23)24)22-14-9-7-13(21)8-10-14/h4-11H,1-3H3. The van der Waals surface area contributed by atoms with E-state index in [0.717, 1.165) is 22.4 Å². The molecule has 0 atom stereocenters. The molecule has 2 aromatic rings. The Balaban J connectivity index is 1.94. The number of nitrogens with zero attached hydrogens (tertiary/aromatic N) is 2. The first-order valence-corrected chi connectivity index (χ1v) is 7.90. The van der Waals surface area contributed by atoms with Gasteiger partial charge >= 0.3 is 0 Å². The lowest BCUT2D eigenvalue weighted by Crippen LogP contribution is -2.47. The minimum absolute atomic E-state index is 0.115. The molecular weight excluding hydrogens is 303 g/mol. The lowest BCUT2D eigenvalue weighted by atomic mass is 9.89. The highest BCUT2D eigenvalue weighted by atomic mass is 19.1. The van der Waals surface area contributed by atoms with E-state index in [1.807, 2.05) is 36.9 Å². The molecule has 4 heteroatoms. The first-order chi connectivity index (χ1) is 11.4. The topological polar surface area (TPSA) is 32.7 Å². The molecule has 2 aliphatic heterocycles. The third-order valence-corrected chi connectivity index (χ3v) is 4.56. The summed E-state index contributed by atoms with van der Waals surface area (Å²) in [6.45, 7) is 6.11. The van der Waals surface area contributed by atoms with Crippen molar-refractivity contribution in [3.63, 3.8) is 0 Å². The van der Waals surface area contributed by atoms with Crippen molar-refractivity contribution in [2.45, 2.75) is 26.3 Å². The fourth-order valence-electron chi connectivity index (χ4n) is 3.59. The summed E-state index contributed by atoms with van der Waals surface area (Å²) in [4.78, 5) is 19.4. The number of halogens is 1. The number of allylic oxidation sites excluding steroid dienone is 1. The van der Waals surface area contributed by atoms with E-state index in [9.17, 15) is 9.18 Å². The van der Waals surface area contributed by atoms with Gasteiger partial charge in [0.25, 0.3) is 5.91 Å². The molecule has 0 saturated carbocycles. The van der Waals surface area contributed by atoms with E-state index in [0.29, 0.717) is 11.4 Å². The van der Waals surface area contributed by atoms with Gasteiger partial charge in [-0.25, -0.2) is 9.38 Å². The average molecular weight is 320 g/mol. The van der Waals surface area contributed by atoms with Crippen LogP contribution in [0.1, 0.15) is 31.9 Å². The minimum atomic E-state index is -0.412. The summed E-state index contributed by atoms with van der Waals surface area (Å²) in [5.41, 5.74) is 4.54. The van der Waals surface area contributed by atoms with Crippen molar-refractivity contribution < 1.29 is 9.18 Å². The quantitative estimate of drug-likeness (QED) is 0.762. The zero-order valence-electron chi connectivity index (χ0n) is 13.8. The fraction of sp³-hybridized carbons (Fsp3) is 0.200. The Labute approximate surface area is 140 Å². The van der Waals surface area contributed by atoms with Gasteiger partial charge in [0, 0.05) is 11.1 Å². The molecule has 0 aromatic heterocycles. The highest BCUT2D eigenvalue weighted by Crippen LogP contribution is 2.45. The number of hydrogen-bond donors (Lipinski definition) is 0. The van der Waals surface area contributed by atoms with Crippen LogP contribution in [-0.2, 0) is 4.79 Å². The predicted molar refractivity (Wildman–Crippen MR) is 94.3 cm³/mol. The smallest absolute Gasteiger partial charge is 0.278 e. The van der Waals surface area contributed by atoms with Gasteiger partial charge in [-0.1, -0.05) is 24.3 Å². The number of carbonyl (C=O) groups excluding carboxylic acids is 1. The van der Waals surface area contributed by atoms with Crippen molar-refractivity contribution in [3.05, 3.63) is 65.5 Å². The number of para-hydroxylation sites is 1. The first-order valence-electron chi connectivity index (χ1n) is 7.90. The normalized spacial score (nSPS) is 19.5. The second-order valence-corrected chi connectivity index (χ2v) is 6.76. The van der Waals surface area contributed by atoms with Crippen LogP contribution in [0.5, 0.6) is 0 Å². The molecule has 0 aliphatic carbocycles. The van der Waals surface area contributed by atoms with Crippen LogP contribution in [0.25, 0.3) is 5.57 Å². The largest absolute Gasteiger partial charge is 0.297 e. The van der Waals surface area contributed by atoms with Crippen molar-refractivity contribution in [2.75, 3.05) is 4.90 Å². The highest BCUT2D eigenvalue weighted by molar-refractivity contribution is 6.55. The highest BCUT2D eigenvalue weighted by Gasteiger charge is 2.45. The van der Waals surface area contributed by atoms with E-state index in [-0.39, 0.29) is 11.7 Å². The molecule has 0 spiro atoms. The van der Waals surface area contributed by atoms with E-state index >= 15 is 0 Å². The van der Waals surface area contributed by atoms with Crippen molar-refractivity contribution in [1.82, 2.24) is 0 Å².